The zero-order valence-electron chi connectivity index (χ0n) is 11.4. The third kappa shape index (κ3) is 2.60. The fourth-order valence-corrected chi connectivity index (χ4v) is 5.80. The number of allylic oxidation sites excluding steroid dienone is 1. The van der Waals surface area contributed by atoms with Crippen LogP contribution in [0.25, 0.3) is 0 Å². The van der Waals surface area contributed by atoms with E-state index in [-0.39, 0.29) is 10.9 Å². The molecule has 2 aromatic carbocycles. The summed E-state index contributed by atoms with van der Waals surface area (Å²) in [5, 5.41) is 12.2. The van der Waals surface area contributed by atoms with Crippen molar-refractivity contribution >= 4 is 22.7 Å². The van der Waals surface area contributed by atoms with Crippen molar-refractivity contribution in [2.75, 3.05) is 0 Å². The van der Waals surface area contributed by atoms with E-state index in [1.807, 2.05) is 17.2 Å². The molecule has 3 rings (SSSR count). The van der Waals surface area contributed by atoms with E-state index in [0.29, 0.717) is 5.76 Å². The molecule has 1 aliphatic heterocycles. The topological polar surface area (TPSA) is 20.2 Å². The first-order chi connectivity index (χ1) is 9.79. The van der Waals surface area contributed by atoms with Gasteiger partial charge in [-0.05, 0) is 30.7 Å². The molecule has 0 unspecified atom stereocenters. The molecule has 20 heavy (non-hydrogen) atoms. The second-order valence-electron chi connectivity index (χ2n) is 4.69. The fourth-order valence-electron chi connectivity index (χ4n) is 2.25. The molecule has 0 bridgehead atoms. The molecule has 1 nitrogen and oxygen atoms in total. The predicted octanol–water partition coefficient (Wildman–Crippen LogP) is 5.39. The lowest BCUT2D eigenvalue weighted by Crippen LogP contribution is -2.08. The summed E-state index contributed by atoms with van der Waals surface area (Å²) in [7, 11) is -0.159. The lowest BCUT2D eigenvalue weighted by atomic mass is 10.3. The Balaban J connectivity index is 2.10. The number of fused-ring (bicyclic) bond motifs is 2. The quantitative estimate of drug-likeness (QED) is 0.606. The van der Waals surface area contributed by atoms with Gasteiger partial charge in [0.05, 0.1) is 20.7 Å². The van der Waals surface area contributed by atoms with Gasteiger partial charge >= 0.3 is 0 Å². The Morgan fingerprint density at radius 2 is 1.60 bits per heavy atom. The van der Waals surface area contributed by atoms with Gasteiger partial charge in [-0.3, -0.25) is 0 Å². The molecule has 0 aromatic heterocycles. The summed E-state index contributed by atoms with van der Waals surface area (Å²) in [6, 6.07) is 17.0. The van der Waals surface area contributed by atoms with Crippen LogP contribution in [0.5, 0.6) is 0 Å². The smallest absolute Gasteiger partial charge is 0.179 e. The Morgan fingerprint density at radius 3 is 2.15 bits per heavy atom. The highest BCUT2D eigenvalue weighted by Gasteiger charge is 2.34. The Kier molecular flexibility index (Phi) is 4.08. The summed E-state index contributed by atoms with van der Waals surface area (Å²) in [6.45, 7) is 2.09. The number of hydrogen-bond donors (Lipinski definition) is 1. The minimum Gasteiger partial charge on any atom is -0.508 e. The lowest BCUT2D eigenvalue weighted by molar-refractivity contribution is 0.388. The van der Waals surface area contributed by atoms with Crippen molar-refractivity contribution in [3.8, 4) is 0 Å². The normalized spacial score (nSPS) is 14.8. The van der Waals surface area contributed by atoms with Crippen molar-refractivity contribution in [2.24, 2.45) is 0 Å². The molecule has 0 amide bonds. The predicted molar refractivity (Wildman–Crippen MR) is 86.5 cm³/mol. The van der Waals surface area contributed by atoms with E-state index in [2.05, 4.69) is 55.5 Å². The van der Waals surface area contributed by atoms with Gasteiger partial charge in [-0.2, -0.15) is 0 Å². The minimum atomic E-state index is -0.159. The molecule has 0 radical (unpaired) electrons. The fraction of sp³-hybridized carbons (Fsp3) is 0.176. The first kappa shape index (κ1) is 13.7. The van der Waals surface area contributed by atoms with Gasteiger partial charge in [0.2, 0.25) is 0 Å². The maximum atomic E-state index is 10.1. The van der Waals surface area contributed by atoms with E-state index in [0.717, 1.165) is 12.8 Å². The largest absolute Gasteiger partial charge is 0.508 e. The van der Waals surface area contributed by atoms with Crippen molar-refractivity contribution in [3.05, 3.63) is 59.7 Å². The monoisotopic (exact) mass is 301 g/mol. The molecule has 1 aliphatic rings. The summed E-state index contributed by atoms with van der Waals surface area (Å²) in [4.78, 5) is 5.24. The molecule has 0 aliphatic carbocycles. The van der Waals surface area contributed by atoms with Crippen molar-refractivity contribution in [3.63, 3.8) is 0 Å². The van der Waals surface area contributed by atoms with Crippen LogP contribution in [-0.2, 0) is 10.9 Å². The summed E-state index contributed by atoms with van der Waals surface area (Å²) in [6.07, 6.45) is 1.72. The summed E-state index contributed by atoms with van der Waals surface area (Å²) in [5.41, 5.74) is 0. The molecule has 3 heteroatoms. The van der Waals surface area contributed by atoms with Crippen LogP contribution in [0.4, 0.5) is 0 Å². The van der Waals surface area contributed by atoms with E-state index < -0.39 is 0 Å². The van der Waals surface area contributed by atoms with Crippen LogP contribution in [0.1, 0.15) is 19.8 Å². The van der Waals surface area contributed by atoms with Gasteiger partial charge in [0.15, 0.2) is 15.2 Å². The lowest BCUT2D eigenvalue weighted by Gasteiger charge is -2.16. The van der Waals surface area contributed by atoms with E-state index in [4.69, 9.17) is 0 Å². The van der Waals surface area contributed by atoms with Gasteiger partial charge in [-0.25, -0.2) is 0 Å². The summed E-state index contributed by atoms with van der Waals surface area (Å²) < 4.78 is 0. The maximum absolute atomic E-state index is 10.1. The Bertz CT molecular complexity index is 603. The summed E-state index contributed by atoms with van der Waals surface area (Å²) >= 11 is 1.82. The molecule has 2 aromatic rings. The summed E-state index contributed by atoms with van der Waals surface area (Å²) in [5.74, 6) is 0.507. The highest BCUT2D eigenvalue weighted by Crippen LogP contribution is 2.46. The zero-order chi connectivity index (χ0) is 13.9. The van der Waals surface area contributed by atoms with Crippen molar-refractivity contribution in [2.45, 2.75) is 39.3 Å². The molecule has 1 N–H and O–H groups in total. The van der Waals surface area contributed by atoms with Crippen molar-refractivity contribution in [1.29, 1.82) is 0 Å². The number of aliphatic hydroxyl groups excluding tert-OH is 1. The highest BCUT2D eigenvalue weighted by atomic mass is 32.2. The Morgan fingerprint density at radius 1 is 1.05 bits per heavy atom. The van der Waals surface area contributed by atoms with Crippen LogP contribution in [0, 0.1) is 0 Å². The number of hydrogen-bond acceptors (Lipinski definition) is 2. The average molecular weight is 301 g/mol. The minimum absolute atomic E-state index is 0.159. The molecule has 0 atom stereocenters. The molecule has 0 spiro atoms. The van der Waals surface area contributed by atoms with Gasteiger partial charge in [0.1, 0.15) is 5.76 Å². The standard InChI is InChI=1S/C17H16OS2/c1-2-7-13(18)12-20-16-10-5-3-8-14(16)19-15-9-4-6-11-17(15)20/h3-6,8-12H,2,7H2,1H3/p+1/b13-12-. The Labute approximate surface area is 127 Å². The van der Waals surface area contributed by atoms with Gasteiger partial charge in [0.25, 0.3) is 0 Å². The number of benzene rings is 2. The third-order valence-electron chi connectivity index (χ3n) is 3.15. The average Bonchev–Trinajstić information content (AvgIpc) is 2.47. The third-order valence-corrected chi connectivity index (χ3v) is 6.73. The Hall–Kier alpha value is -1.32. The van der Waals surface area contributed by atoms with Crippen molar-refractivity contribution < 1.29 is 5.11 Å². The van der Waals surface area contributed by atoms with E-state index in [1.54, 1.807) is 0 Å². The first-order valence-corrected chi connectivity index (χ1v) is 8.88. The van der Waals surface area contributed by atoms with E-state index in [9.17, 15) is 5.11 Å². The zero-order valence-corrected chi connectivity index (χ0v) is 13.0. The second kappa shape index (κ2) is 5.98. The SMILES string of the molecule is CCC/C(O)=C/[S+]1c2ccccc2Sc2ccccc21. The molecular weight excluding hydrogens is 284 g/mol. The van der Waals surface area contributed by atoms with E-state index in [1.165, 1.54) is 19.6 Å². The van der Waals surface area contributed by atoms with Crippen LogP contribution in [0.2, 0.25) is 0 Å². The molecule has 1 heterocycles. The number of rotatable bonds is 3. The molecule has 102 valence electrons. The van der Waals surface area contributed by atoms with Crippen LogP contribution >= 0.6 is 11.8 Å². The molecule has 0 saturated heterocycles. The highest BCUT2D eigenvalue weighted by molar-refractivity contribution is 8.05. The second-order valence-corrected chi connectivity index (χ2v) is 7.57. The van der Waals surface area contributed by atoms with Gasteiger partial charge in [-0.1, -0.05) is 43.0 Å². The molecule has 0 saturated carbocycles. The van der Waals surface area contributed by atoms with Crippen LogP contribution in [-0.4, -0.2) is 5.11 Å². The van der Waals surface area contributed by atoms with Crippen LogP contribution in [0.3, 0.4) is 0 Å². The molecular formula is C17H17OS2+. The maximum Gasteiger partial charge on any atom is 0.179 e. The van der Waals surface area contributed by atoms with Gasteiger partial charge < -0.3 is 5.11 Å². The first-order valence-electron chi connectivity index (χ1n) is 6.78. The number of aliphatic hydroxyl groups is 1. The van der Waals surface area contributed by atoms with Crippen molar-refractivity contribution in [1.82, 2.24) is 0 Å². The van der Waals surface area contributed by atoms with Gasteiger partial charge in [-0.15, -0.1) is 0 Å². The molecule has 0 fully saturated rings. The van der Waals surface area contributed by atoms with E-state index >= 15 is 0 Å². The van der Waals surface area contributed by atoms with Gasteiger partial charge in [0, 0.05) is 6.42 Å². The van der Waals surface area contributed by atoms with Crippen LogP contribution in [0.15, 0.2) is 79.3 Å². The van der Waals surface area contributed by atoms with Crippen LogP contribution < -0.4 is 0 Å².